The molecule has 2 atom stereocenters. The van der Waals surface area contributed by atoms with Crippen LogP contribution in [0.2, 0.25) is 0 Å². The first-order valence-electron chi connectivity index (χ1n) is 8.18. The monoisotopic (exact) mass is 297 g/mol. The van der Waals surface area contributed by atoms with E-state index in [1.165, 1.54) is 45.2 Å². The van der Waals surface area contributed by atoms with E-state index in [0.717, 1.165) is 19.5 Å². The fourth-order valence-electron chi connectivity index (χ4n) is 3.82. The Hall–Kier alpha value is -0.260. The van der Waals surface area contributed by atoms with Crippen LogP contribution >= 0.6 is 11.8 Å². The standard InChI is InChI=1S/C15H27N3OS/c19-15(11-20-12-4-7-16-8-5-12)17-13-6-10-18-9-2-1-3-14(13)18/h12-14,16H,1-11H2,(H,17,19). The summed E-state index contributed by atoms with van der Waals surface area (Å²) >= 11 is 1.85. The number of piperidine rings is 2. The third-order valence-electron chi connectivity index (χ3n) is 4.94. The van der Waals surface area contributed by atoms with Crippen molar-refractivity contribution in [3.63, 3.8) is 0 Å². The topological polar surface area (TPSA) is 44.4 Å². The van der Waals surface area contributed by atoms with E-state index in [4.69, 9.17) is 0 Å². The van der Waals surface area contributed by atoms with Crippen LogP contribution in [0.1, 0.15) is 38.5 Å². The number of amides is 1. The van der Waals surface area contributed by atoms with Gasteiger partial charge in [0.2, 0.25) is 5.91 Å². The average molecular weight is 297 g/mol. The third kappa shape index (κ3) is 3.68. The molecule has 3 aliphatic heterocycles. The molecule has 0 bridgehead atoms. The molecule has 3 fully saturated rings. The lowest BCUT2D eigenvalue weighted by atomic mass is 9.99. The number of hydrogen-bond acceptors (Lipinski definition) is 4. The Balaban J connectivity index is 1.40. The minimum Gasteiger partial charge on any atom is -0.351 e. The molecule has 20 heavy (non-hydrogen) atoms. The van der Waals surface area contributed by atoms with Crippen molar-refractivity contribution in [2.75, 3.05) is 31.9 Å². The van der Waals surface area contributed by atoms with Gasteiger partial charge in [-0.1, -0.05) is 6.42 Å². The molecular weight excluding hydrogens is 270 g/mol. The summed E-state index contributed by atoms with van der Waals surface area (Å²) in [5, 5.41) is 7.35. The Morgan fingerprint density at radius 2 is 2.00 bits per heavy atom. The van der Waals surface area contributed by atoms with Gasteiger partial charge in [0.1, 0.15) is 0 Å². The number of carbonyl (C=O) groups is 1. The second-order valence-corrected chi connectivity index (χ2v) is 7.61. The highest BCUT2D eigenvalue weighted by Crippen LogP contribution is 2.27. The predicted octanol–water partition coefficient (Wildman–Crippen LogP) is 1.21. The third-order valence-corrected chi connectivity index (χ3v) is 6.31. The SMILES string of the molecule is O=C(CSC1CCNCC1)NC1CCN2CCCCC12. The average Bonchev–Trinajstić information content (AvgIpc) is 2.90. The van der Waals surface area contributed by atoms with Gasteiger partial charge in [0, 0.05) is 23.9 Å². The van der Waals surface area contributed by atoms with E-state index in [1.54, 1.807) is 0 Å². The second kappa shape index (κ2) is 7.14. The van der Waals surface area contributed by atoms with Gasteiger partial charge in [-0.05, 0) is 51.7 Å². The molecule has 0 radical (unpaired) electrons. The van der Waals surface area contributed by atoms with Crippen LogP contribution in [0.4, 0.5) is 0 Å². The Morgan fingerprint density at radius 3 is 2.85 bits per heavy atom. The summed E-state index contributed by atoms with van der Waals surface area (Å²) in [5.74, 6) is 0.902. The van der Waals surface area contributed by atoms with Crippen LogP contribution in [0.5, 0.6) is 0 Å². The van der Waals surface area contributed by atoms with Crippen molar-refractivity contribution in [1.29, 1.82) is 0 Å². The van der Waals surface area contributed by atoms with E-state index in [2.05, 4.69) is 15.5 Å². The predicted molar refractivity (Wildman–Crippen MR) is 84.1 cm³/mol. The van der Waals surface area contributed by atoms with Gasteiger partial charge < -0.3 is 10.6 Å². The lowest BCUT2D eigenvalue weighted by molar-refractivity contribution is -0.119. The van der Waals surface area contributed by atoms with E-state index in [-0.39, 0.29) is 5.91 Å². The first-order valence-corrected chi connectivity index (χ1v) is 9.23. The Labute approximate surface area is 126 Å². The van der Waals surface area contributed by atoms with Gasteiger partial charge in [-0.3, -0.25) is 9.69 Å². The van der Waals surface area contributed by atoms with E-state index >= 15 is 0 Å². The van der Waals surface area contributed by atoms with Crippen LogP contribution in [0.3, 0.4) is 0 Å². The number of fused-ring (bicyclic) bond motifs is 1. The molecule has 3 saturated heterocycles. The molecule has 5 heteroatoms. The molecule has 3 heterocycles. The van der Waals surface area contributed by atoms with Crippen molar-refractivity contribution in [3.8, 4) is 0 Å². The van der Waals surface area contributed by atoms with Crippen molar-refractivity contribution >= 4 is 17.7 Å². The molecule has 3 rings (SSSR count). The van der Waals surface area contributed by atoms with Crippen molar-refractivity contribution in [2.45, 2.75) is 55.9 Å². The van der Waals surface area contributed by atoms with E-state index in [9.17, 15) is 4.79 Å². The number of rotatable bonds is 4. The summed E-state index contributed by atoms with van der Waals surface area (Å²) in [6, 6.07) is 1.04. The molecule has 1 amide bonds. The van der Waals surface area contributed by atoms with Gasteiger partial charge in [0.25, 0.3) is 0 Å². The van der Waals surface area contributed by atoms with Crippen LogP contribution in [0, 0.1) is 0 Å². The van der Waals surface area contributed by atoms with Crippen LogP contribution in [-0.4, -0.2) is 60.1 Å². The molecule has 2 N–H and O–H groups in total. The normalized spacial score (nSPS) is 32.0. The molecule has 0 aromatic heterocycles. The summed E-state index contributed by atoms with van der Waals surface area (Å²) in [4.78, 5) is 14.7. The molecule has 0 aliphatic carbocycles. The van der Waals surface area contributed by atoms with E-state index in [0.29, 0.717) is 23.1 Å². The van der Waals surface area contributed by atoms with Crippen molar-refractivity contribution in [3.05, 3.63) is 0 Å². The fourth-order valence-corrected chi connectivity index (χ4v) is 4.86. The van der Waals surface area contributed by atoms with Crippen LogP contribution < -0.4 is 10.6 Å². The highest BCUT2D eigenvalue weighted by atomic mass is 32.2. The Bertz CT molecular complexity index is 333. The highest BCUT2D eigenvalue weighted by Gasteiger charge is 2.36. The van der Waals surface area contributed by atoms with E-state index < -0.39 is 0 Å². The van der Waals surface area contributed by atoms with Gasteiger partial charge in [-0.25, -0.2) is 0 Å². The molecule has 0 aromatic carbocycles. The first kappa shape index (κ1) is 14.7. The summed E-state index contributed by atoms with van der Waals surface area (Å²) in [6.45, 7) is 4.63. The first-order chi connectivity index (χ1) is 9.83. The van der Waals surface area contributed by atoms with Crippen molar-refractivity contribution < 1.29 is 4.79 Å². The van der Waals surface area contributed by atoms with Crippen molar-refractivity contribution in [2.24, 2.45) is 0 Å². The van der Waals surface area contributed by atoms with Gasteiger partial charge in [0.05, 0.1) is 5.75 Å². The zero-order chi connectivity index (χ0) is 13.8. The number of nitrogens with zero attached hydrogens (tertiary/aromatic N) is 1. The maximum Gasteiger partial charge on any atom is 0.230 e. The zero-order valence-electron chi connectivity index (χ0n) is 12.3. The van der Waals surface area contributed by atoms with Gasteiger partial charge in [0.15, 0.2) is 0 Å². The highest BCUT2D eigenvalue weighted by molar-refractivity contribution is 8.00. The zero-order valence-corrected chi connectivity index (χ0v) is 13.1. The lowest BCUT2D eigenvalue weighted by Crippen LogP contribution is -2.47. The van der Waals surface area contributed by atoms with Gasteiger partial charge in [-0.2, -0.15) is 0 Å². The summed E-state index contributed by atoms with van der Waals surface area (Å²) < 4.78 is 0. The number of carbonyl (C=O) groups excluding carboxylic acids is 1. The molecule has 0 aromatic rings. The molecule has 2 unspecified atom stereocenters. The lowest BCUT2D eigenvalue weighted by Gasteiger charge is -2.32. The van der Waals surface area contributed by atoms with Gasteiger partial charge >= 0.3 is 0 Å². The molecule has 3 aliphatic rings. The quantitative estimate of drug-likeness (QED) is 0.819. The Kier molecular flexibility index (Phi) is 5.24. The number of hydrogen-bond donors (Lipinski definition) is 2. The maximum absolute atomic E-state index is 12.2. The van der Waals surface area contributed by atoms with Gasteiger partial charge in [-0.15, -0.1) is 11.8 Å². The summed E-state index contributed by atoms with van der Waals surface area (Å²) in [6.07, 6.45) is 7.50. The minimum absolute atomic E-state index is 0.256. The number of nitrogens with one attached hydrogen (secondary N) is 2. The molecule has 0 saturated carbocycles. The maximum atomic E-state index is 12.2. The fraction of sp³-hybridized carbons (Fsp3) is 0.933. The summed E-state index contributed by atoms with van der Waals surface area (Å²) in [7, 11) is 0. The Morgan fingerprint density at radius 1 is 1.15 bits per heavy atom. The number of thioether (sulfide) groups is 1. The summed E-state index contributed by atoms with van der Waals surface area (Å²) in [5.41, 5.74) is 0. The van der Waals surface area contributed by atoms with Crippen LogP contribution in [0.15, 0.2) is 0 Å². The van der Waals surface area contributed by atoms with Crippen molar-refractivity contribution in [1.82, 2.24) is 15.5 Å². The smallest absolute Gasteiger partial charge is 0.230 e. The second-order valence-electron chi connectivity index (χ2n) is 6.32. The molecular formula is C15H27N3OS. The largest absolute Gasteiger partial charge is 0.351 e. The molecule has 0 spiro atoms. The minimum atomic E-state index is 0.256. The van der Waals surface area contributed by atoms with Crippen LogP contribution in [-0.2, 0) is 4.79 Å². The van der Waals surface area contributed by atoms with E-state index in [1.807, 2.05) is 11.8 Å². The molecule has 114 valence electrons. The molecule has 4 nitrogen and oxygen atoms in total. The van der Waals surface area contributed by atoms with Crippen LogP contribution in [0.25, 0.3) is 0 Å².